The first kappa shape index (κ1) is 23.2. The van der Waals surface area contributed by atoms with Gasteiger partial charge in [-0.3, -0.25) is 9.59 Å². The lowest BCUT2D eigenvalue weighted by Gasteiger charge is -2.34. The fraction of sp³-hybridized carbons (Fsp3) is 0.462. The molecule has 176 valence electrons. The summed E-state index contributed by atoms with van der Waals surface area (Å²) in [6.45, 7) is 14.5. The molecular weight excluding hydrogens is 421 g/mol. The lowest BCUT2D eigenvalue weighted by atomic mass is 9.80. The second-order valence-electron chi connectivity index (χ2n) is 9.89. The smallest absolute Gasteiger partial charge is 0.253 e. The number of rotatable bonds is 7. The predicted octanol–water partition coefficient (Wildman–Crippen LogP) is 5.44. The van der Waals surface area contributed by atoms with Crippen LogP contribution in [0.1, 0.15) is 80.0 Å². The van der Waals surface area contributed by atoms with Gasteiger partial charge >= 0.3 is 0 Å². The average molecular weight is 454 g/mol. The number of aryl methyl sites for hydroxylation is 3. The molecule has 33 heavy (non-hydrogen) atoms. The topological polar surface area (TPSA) is 83.4 Å². The highest BCUT2D eigenvalue weighted by atomic mass is 19.1. The summed E-state index contributed by atoms with van der Waals surface area (Å²) in [7, 11) is 0. The lowest BCUT2D eigenvalue weighted by Crippen LogP contribution is -2.40. The minimum atomic E-state index is -0.648. The molecule has 3 N–H and O–H groups in total. The number of benzene rings is 1. The molecule has 1 aromatic heterocycles. The largest absolute Gasteiger partial charge is 0.464 e. The number of furan rings is 1. The van der Waals surface area contributed by atoms with E-state index in [0.717, 1.165) is 34.4 Å². The van der Waals surface area contributed by atoms with Crippen LogP contribution in [-0.4, -0.2) is 0 Å². The molecule has 2 atom stereocenters. The van der Waals surface area contributed by atoms with Gasteiger partial charge in [0.2, 0.25) is 0 Å². The summed E-state index contributed by atoms with van der Waals surface area (Å²) in [5.74, 6) is 1.08. The van der Waals surface area contributed by atoms with Crippen LogP contribution < -0.4 is 26.8 Å². The van der Waals surface area contributed by atoms with Crippen molar-refractivity contribution in [3.8, 4) is 0 Å². The van der Waals surface area contributed by atoms with Crippen LogP contribution in [0.4, 0.5) is 21.5 Å². The quantitative estimate of drug-likeness (QED) is 0.413. The molecule has 0 saturated heterocycles. The zero-order valence-electron chi connectivity index (χ0n) is 20.3. The first-order valence-electron chi connectivity index (χ1n) is 11.4. The van der Waals surface area contributed by atoms with Gasteiger partial charge in [0.1, 0.15) is 28.7 Å². The van der Waals surface area contributed by atoms with Gasteiger partial charge < -0.3 is 20.4 Å². The molecule has 0 amide bonds. The molecule has 0 aliphatic carbocycles. The number of hydrogen-bond donors (Lipinski definition) is 3. The van der Waals surface area contributed by atoms with E-state index in [2.05, 4.69) is 36.7 Å². The number of nitrogens with one attached hydrogen (secondary N) is 3. The second kappa shape index (κ2) is 8.13. The van der Waals surface area contributed by atoms with E-state index in [9.17, 15) is 14.0 Å². The van der Waals surface area contributed by atoms with Crippen LogP contribution in [0.5, 0.6) is 0 Å². The summed E-state index contributed by atoms with van der Waals surface area (Å²) in [5.41, 5.74) is 2.69. The summed E-state index contributed by atoms with van der Waals surface area (Å²) in [6.07, 6.45) is 0.811. The molecule has 1 aliphatic rings. The summed E-state index contributed by atoms with van der Waals surface area (Å²) in [6, 6.07) is 3.18. The molecule has 0 unspecified atom stereocenters. The van der Waals surface area contributed by atoms with Gasteiger partial charge in [-0.25, -0.2) is 4.39 Å². The Labute approximate surface area is 193 Å². The van der Waals surface area contributed by atoms with E-state index < -0.39 is 16.7 Å². The van der Waals surface area contributed by atoms with Gasteiger partial charge in [-0.2, -0.15) is 0 Å². The maximum absolute atomic E-state index is 15.0. The molecule has 0 bridgehead atoms. The molecule has 2 heterocycles. The highest BCUT2D eigenvalue weighted by molar-refractivity contribution is 5.81. The lowest BCUT2D eigenvalue weighted by molar-refractivity contribution is 0.261. The van der Waals surface area contributed by atoms with Crippen molar-refractivity contribution >= 4 is 17.1 Å². The minimum Gasteiger partial charge on any atom is -0.464 e. The van der Waals surface area contributed by atoms with Gasteiger partial charge in [0.25, 0.3) is 10.9 Å². The van der Waals surface area contributed by atoms with Gasteiger partial charge in [0, 0.05) is 12.6 Å². The van der Waals surface area contributed by atoms with Crippen LogP contribution in [0.3, 0.4) is 0 Å². The molecule has 1 aliphatic heterocycles. The van der Waals surface area contributed by atoms with Crippen LogP contribution in [0.25, 0.3) is 0 Å². The van der Waals surface area contributed by atoms with Crippen LogP contribution in [0.2, 0.25) is 0 Å². The van der Waals surface area contributed by atoms with Crippen molar-refractivity contribution < 1.29 is 8.81 Å². The molecule has 2 aromatic carbocycles. The molecule has 4 rings (SSSR count). The van der Waals surface area contributed by atoms with Gasteiger partial charge in [-0.15, -0.1) is 0 Å². The van der Waals surface area contributed by atoms with Gasteiger partial charge in [-0.1, -0.05) is 20.8 Å². The third kappa shape index (κ3) is 3.78. The van der Waals surface area contributed by atoms with E-state index in [0.29, 0.717) is 12.3 Å². The maximum atomic E-state index is 15.0. The molecule has 7 heteroatoms. The van der Waals surface area contributed by atoms with Crippen LogP contribution in [0, 0.1) is 32.0 Å². The summed E-state index contributed by atoms with van der Waals surface area (Å²) >= 11 is 0. The van der Waals surface area contributed by atoms with Gasteiger partial charge in [0.05, 0.1) is 11.7 Å². The highest BCUT2D eigenvalue weighted by Crippen LogP contribution is 2.42. The average Bonchev–Trinajstić information content (AvgIpc) is 3.30. The Morgan fingerprint density at radius 2 is 1.79 bits per heavy atom. The monoisotopic (exact) mass is 453 g/mol. The van der Waals surface area contributed by atoms with Crippen molar-refractivity contribution in [3.05, 3.63) is 72.2 Å². The number of halogens is 1. The fourth-order valence-corrected chi connectivity index (χ4v) is 4.65. The number of hydrogen-bond acceptors (Lipinski definition) is 6. The standard InChI is InChI=1S/C26H32FN3O3/c1-8-26(6,7)25(18-10-12(2)15(5)33-18)30-22-21(23(31)24(22)32)29-20-16-11-28-14(4)19(16)13(3)9-17(20)27/h9-10,14,25,28-30H,8,11H2,1-7H3/t14-,25+/m1/s1. The SMILES string of the molecule is CCC(C)(C)[C@@H](Nc1c(Nc2c(F)cc(C)c3c2CN[C@@H]3C)c(=O)c1=O)c1cc(C)c(C)o1. The summed E-state index contributed by atoms with van der Waals surface area (Å²) in [5, 5.41) is 9.56. The molecule has 3 aromatic rings. The number of fused-ring (bicyclic) bond motifs is 1. The van der Waals surface area contributed by atoms with E-state index in [1.54, 1.807) is 0 Å². The third-order valence-electron chi connectivity index (χ3n) is 7.26. The van der Waals surface area contributed by atoms with Crippen LogP contribution >= 0.6 is 0 Å². The van der Waals surface area contributed by atoms with Crippen molar-refractivity contribution in [2.24, 2.45) is 5.41 Å². The predicted molar refractivity (Wildman–Crippen MR) is 130 cm³/mol. The first-order chi connectivity index (χ1) is 15.5. The molecule has 6 nitrogen and oxygen atoms in total. The van der Waals surface area contributed by atoms with E-state index in [1.165, 1.54) is 6.07 Å². The van der Waals surface area contributed by atoms with Crippen LogP contribution in [-0.2, 0) is 6.54 Å². The Balaban J connectivity index is 1.74. The fourth-order valence-electron chi connectivity index (χ4n) is 4.65. The first-order valence-corrected chi connectivity index (χ1v) is 11.4. The second-order valence-corrected chi connectivity index (χ2v) is 9.89. The summed E-state index contributed by atoms with van der Waals surface area (Å²) in [4.78, 5) is 25.1. The molecule has 0 saturated carbocycles. The Morgan fingerprint density at radius 3 is 2.39 bits per heavy atom. The van der Waals surface area contributed by atoms with E-state index >= 15 is 0 Å². The molecule has 0 spiro atoms. The van der Waals surface area contributed by atoms with E-state index in [-0.39, 0.29) is 34.6 Å². The summed E-state index contributed by atoms with van der Waals surface area (Å²) < 4.78 is 21.0. The van der Waals surface area contributed by atoms with Gasteiger partial charge in [0.15, 0.2) is 0 Å². The normalized spacial score (nSPS) is 16.8. The maximum Gasteiger partial charge on any atom is 0.253 e. The van der Waals surface area contributed by atoms with E-state index in [4.69, 9.17) is 4.42 Å². The zero-order chi connectivity index (χ0) is 24.2. The Morgan fingerprint density at radius 1 is 1.12 bits per heavy atom. The van der Waals surface area contributed by atoms with E-state index in [1.807, 2.05) is 33.8 Å². The Bertz CT molecular complexity index is 1280. The molecule has 0 radical (unpaired) electrons. The highest BCUT2D eigenvalue weighted by Gasteiger charge is 2.36. The van der Waals surface area contributed by atoms with Crippen molar-refractivity contribution in [2.45, 2.75) is 73.5 Å². The zero-order valence-corrected chi connectivity index (χ0v) is 20.3. The van der Waals surface area contributed by atoms with Crippen molar-refractivity contribution in [3.63, 3.8) is 0 Å². The third-order valence-corrected chi connectivity index (χ3v) is 7.26. The van der Waals surface area contributed by atoms with Crippen molar-refractivity contribution in [1.82, 2.24) is 5.32 Å². The molecule has 0 fully saturated rings. The van der Waals surface area contributed by atoms with Crippen molar-refractivity contribution in [2.75, 3.05) is 10.6 Å². The van der Waals surface area contributed by atoms with Gasteiger partial charge in [-0.05, 0) is 73.9 Å². The minimum absolute atomic E-state index is 0.0895. The Kier molecular flexibility index (Phi) is 5.73. The molecular formula is C26H32FN3O3. The van der Waals surface area contributed by atoms with Crippen LogP contribution in [0.15, 0.2) is 26.1 Å². The number of anilines is 3. The Hall–Kier alpha value is -2.93. The van der Waals surface area contributed by atoms with Crippen molar-refractivity contribution in [1.29, 1.82) is 0 Å².